The lowest BCUT2D eigenvalue weighted by Gasteiger charge is -2.40. The number of fused-ring (bicyclic) bond motifs is 5. The lowest BCUT2D eigenvalue weighted by atomic mass is 9.32. The summed E-state index contributed by atoms with van der Waals surface area (Å²) in [5.74, 6) is 7.92. The average Bonchev–Trinajstić information content (AvgIpc) is 2.93. The predicted molar refractivity (Wildman–Crippen MR) is 142 cm³/mol. The molecule has 5 aromatic carbocycles. The van der Waals surface area contributed by atoms with Gasteiger partial charge in [-0.2, -0.15) is 0 Å². The van der Waals surface area contributed by atoms with Crippen LogP contribution in [-0.2, 0) is 0 Å². The van der Waals surface area contributed by atoms with Crippen molar-refractivity contribution < 1.29 is 23.7 Å². The summed E-state index contributed by atoms with van der Waals surface area (Å²) in [5, 5.41) is 0. The SMILES string of the molecule is c1ccc2c(c1)Oc1cccc3c1B2c1cc2c4c(c1O3)Oc1cccc3c1B4c1c(cccc1O2)O3. The molecule has 10 rings (SSSR count). The predicted octanol–water partition coefficient (Wildman–Crippen LogP) is 3.25. The maximum absolute atomic E-state index is 6.68. The van der Waals surface area contributed by atoms with Crippen molar-refractivity contribution >= 4 is 46.2 Å². The molecule has 7 heteroatoms. The summed E-state index contributed by atoms with van der Waals surface area (Å²) in [4.78, 5) is 0. The highest BCUT2D eigenvalue weighted by Crippen LogP contribution is 2.46. The van der Waals surface area contributed by atoms with E-state index in [1.165, 1.54) is 0 Å². The summed E-state index contributed by atoms with van der Waals surface area (Å²) in [6.07, 6.45) is 0. The maximum Gasteiger partial charge on any atom is 0.270 e. The Morgan fingerprint density at radius 2 is 0.838 bits per heavy atom. The molecular formula is C30H14B2O5. The molecule has 0 unspecified atom stereocenters. The topological polar surface area (TPSA) is 46.2 Å². The van der Waals surface area contributed by atoms with Gasteiger partial charge in [0.05, 0.1) is 0 Å². The monoisotopic (exact) mass is 476 g/mol. The standard InChI is InChI=1S/C30H14B2O5/c1-2-7-17-15(6-1)31-16-14-24-28-30(29(16)36-22-12-4-8-18(33-17)25(22)31)37-23-13-5-10-20-27(23)32(28)26-19(34-20)9-3-11-21(26)35-24/h1-14H. The van der Waals surface area contributed by atoms with Gasteiger partial charge in [0, 0.05) is 21.9 Å². The first-order valence-corrected chi connectivity index (χ1v) is 12.4. The fraction of sp³-hybridized carbons (Fsp3) is 0. The Balaban J connectivity index is 1.31. The molecule has 0 saturated heterocycles. The molecular weight excluding hydrogens is 462 g/mol. The minimum Gasteiger partial charge on any atom is -0.458 e. The van der Waals surface area contributed by atoms with E-state index in [1.807, 2.05) is 66.7 Å². The van der Waals surface area contributed by atoms with Crippen molar-refractivity contribution in [1.82, 2.24) is 0 Å². The van der Waals surface area contributed by atoms with Gasteiger partial charge in [-0.05, 0) is 59.5 Å². The van der Waals surface area contributed by atoms with Crippen LogP contribution in [0, 0.1) is 0 Å². The van der Waals surface area contributed by atoms with Gasteiger partial charge in [0.25, 0.3) is 13.4 Å². The molecule has 0 bridgehead atoms. The molecule has 5 aliphatic rings. The normalized spacial score (nSPS) is 14.9. The molecule has 0 amide bonds. The van der Waals surface area contributed by atoms with E-state index >= 15 is 0 Å². The van der Waals surface area contributed by atoms with Crippen LogP contribution in [0.4, 0.5) is 0 Å². The lowest BCUT2D eigenvalue weighted by molar-refractivity contribution is 0.409. The summed E-state index contributed by atoms with van der Waals surface area (Å²) in [6, 6.07) is 28.3. The van der Waals surface area contributed by atoms with Gasteiger partial charge in [-0.25, -0.2) is 0 Å². The van der Waals surface area contributed by atoms with Crippen LogP contribution in [-0.4, -0.2) is 13.4 Å². The van der Waals surface area contributed by atoms with Crippen LogP contribution < -0.4 is 56.5 Å². The van der Waals surface area contributed by atoms with Crippen molar-refractivity contribution in [2.24, 2.45) is 0 Å². The van der Waals surface area contributed by atoms with Crippen molar-refractivity contribution in [3.8, 4) is 57.5 Å². The smallest absolute Gasteiger partial charge is 0.270 e. The van der Waals surface area contributed by atoms with Gasteiger partial charge < -0.3 is 23.7 Å². The van der Waals surface area contributed by atoms with E-state index in [-0.39, 0.29) is 13.4 Å². The van der Waals surface area contributed by atoms with Crippen molar-refractivity contribution in [3.05, 3.63) is 84.9 Å². The second-order valence-electron chi connectivity index (χ2n) is 9.95. The van der Waals surface area contributed by atoms with Crippen LogP contribution in [0.15, 0.2) is 84.9 Å². The minimum absolute atomic E-state index is 0.0535. The number of ether oxygens (including phenoxy) is 5. The lowest BCUT2D eigenvalue weighted by Crippen LogP contribution is -2.62. The Morgan fingerprint density at radius 3 is 1.51 bits per heavy atom. The number of hydrogen-bond acceptors (Lipinski definition) is 5. The van der Waals surface area contributed by atoms with Crippen molar-refractivity contribution in [1.29, 1.82) is 0 Å². The van der Waals surface area contributed by atoms with Crippen LogP contribution in [0.2, 0.25) is 0 Å². The van der Waals surface area contributed by atoms with Crippen LogP contribution in [0.25, 0.3) is 0 Å². The zero-order valence-electron chi connectivity index (χ0n) is 19.3. The highest BCUT2D eigenvalue weighted by Gasteiger charge is 2.50. The fourth-order valence-electron chi connectivity index (χ4n) is 6.69. The third-order valence-corrected chi connectivity index (χ3v) is 8.12. The van der Waals surface area contributed by atoms with Crippen molar-refractivity contribution in [2.45, 2.75) is 0 Å². The summed E-state index contributed by atoms with van der Waals surface area (Å²) in [6.45, 7) is -0.119. The molecule has 5 nitrogen and oxygen atoms in total. The highest BCUT2D eigenvalue weighted by molar-refractivity contribution is 7.01. The third-order valence-electron chi connectivity index (χ3n) is 8.12. The molecule has 5 aromatic rings. The quantitative estimate of drug-likeness (QED) is 0.315. The summed E-state index contributed by atoms with van der Waals surface area (Å²) in [5.41, 5.74) is 6.20. The fourth-order valence-corrected chi connectivity index (χ4v) is 6.69. The molecule has 0 fully saturated rings. The molecule has 0 N–H and O–H groups in total. The van der Waals surface area contributed by atoms with Gasteiger partial charge in [-0.1, -0.05) is 36.4 Å². The molecule has 0 radical (unpaired) electrons. The molecule has 0 aliphatic carbocycles. The number of para-hydroxylation sites is 1. The van der Waals surface area contributed by atoms with Gasteiger partial charge >= 0.3 is 0 Å². The van der Waals surface area contributed by atoms with Gasteiger partial charge in [0.15, 0.2) is 11.5 Å². The molecule has 5 aliphatic heterocycles. The zero-order chi connectivity index (χ0) is 23.8. The second kappa shape index (κ2) is 6.13. The maximum atomic E-state index is 6.68. The molecule has 5 heterocycles. The van der Waals surface area contributed by atoms with E-state index in [0.717, 1.165) is 84.5 Å². The van der Waals surface area contributed by atoms with Crippen molar-refractivity contribution in [3.63, 3.8) is 0 Å². The molecule has 0 spiro atoms. The Labute approximate surface area is 212 Å². The highest BCUT2D eigenvalue weighted by atomic mass is 16.5. The van der Waals surface area contributed by atoms with E-state index in [1.54, 1.807) is 0 Å². The molecule has 37 heavy (non-hydrogen) atoms. The number of rotatable bonds is 0. The first-order chi connectivity index (χ1) is 18.3. The van der Waals surface area contributed by atoms with E-state index in [4.69, 9.17) is 23.7 Å². The summed E-state index contributed by atoms with van der Waals surface area (Å²) >= 11 is 0. The number of hydrogen-bond donors (Lipinski definition) is 0. The summed E-state index contributed by atoms with van der Waals surface area (Å²) < 4.78 is 32.5. The Morgan fingerprint density at radius 1 is 0.351 bits per heavy atom. The van der Waals surface area contributed by atoms with Crippen molar-refractivity contribution in [2.75, 3.05) is 0 Å². The zero-order valence-corrected chi connectivity index (χ0v) is 19.3. The van der Waals surface area contributed by atoms with E-state index < -0.39 is 0 Å². The van der Waals surface area contributed by atoms with Gasteiger partial charge in [0.1, 0.15) is 46.0 Å². The molecule has 170 valence electrons. The van der Waals surface area contributed by atoms with E-state index in [9.17, 15) is 0 Å². The molecule has 0 saturated carbocycles. The first-order valence-electron chi connectivity index (χ1n) is 12.4. The van der Waals surface area contributed by atoms with Gasteiger partial charge in [-0.15, -0.1) is 0 Å². The Hall–Kier alpha value is -4.77. The second-order valence-corrected chi connectivity index (χ2v) is 9.95. The van der Waals surface area contributed by atoms with Gasteiger partial charge in [0.2, 0.25) is 0 Å². The van der Waals surface area contributed by atoms with Crippen LogP contribution >= 0.6 is 0 Å². The van der Waals surface area contributed by atoms with E-state index in [0.29, 0.717) is 5.75 Å². The van der Waals surface area contributed by atoms with E-state index in [2.05, 4.69) is 18.2 Å². The first kappa shape index (κ1) is 18.5. The largest absolute Gasteiger partial charge is 0.458 e. The van der Waals surface area contributed by atoms with Gasteiger partial charge in [-0.3, -0.25) is 0 Å². The van der Waals surface area contributed by atoms with Crippen LogP contribution in [0.5, 0.6) is 57.5 Å². The van der Waals surface area contributed by atoms with Crippen LogP contribution in [0.1, 0.15) is 0 Å². The molecule has 0 aromatic heterocycles. The Bertz CT molecular complexity index is 1880. The summed E-state index contributed by atoms with van der Waals surface area (Å²) in [7, 11) is 0. The minimum atomic E-state index is -0.0659. The Kier molecular flexibility index (Phi) is 3.06. The van der Waals surface area contributed by atoms with Crippen LogP contribution in [0.3, 0.4) is 0 Å². The average molecular weight is 476 g/mol. The third kappa shape index (κ3) is 2.12. The number of benzene rings is 5. The molecule has 0 atom stereocenters.